The van der Waals surface area contributed by atoms with Crippen molar-refractivity contribution in [3.63, 3.8) is 0 Å². The van der Waals surface area contributed by atoms with E-state index >= 15 is 0 Å². The van der Waals surface area contributed by atoms with Gasteiger partial charge in [0.15, 0.2) is 0 Å². The maximum Gasteiger partial charge on any atom is 0.0656 e. The van der Waals surface area contributed by atoms with Crippen molar-refractivity contribution in [2.24, 2.45) is 5.92 Å². The van der Waals surface area contributed by atoms with Crippen molar-refractivity contribution < 1.29 is 0 Å². The van der Waals surface area contributed by atoms with Crippen LogP contribution in [0.2, 0.25) is 0 Å². The molecule has 1 aromatic heterocycles. The molecule has 3 heteroatoms. The van der Waals surface area contributed by atoms with E-state index in [2.05, 4.69) is 76.7 Å². The van der Waals surface area contributed by atoms with Gasteiger partial charge in [-0.25, -0.2) is 0 Å². The third-order valence-electron chi connectivity index (χ3n) is 3.75. The van der Waals surface area contributed by atoms with E-state index in [1.165, 1.54) is 20.4 Å². The average Bonchev–Trinajstić information content (AvgIpc) is 3.07. The highest BCUT2D eigenvalue weighted by atomic mass is 127. The largest absolute Gasteiger partial charge is 0.313 e. The number of rotatable bonds is 4. The lowest BCUT2D eigenvalue weighted by molar-refractivity contribution is 0.519. The third kappa shape index (κ3) is 2.49. The van der Waals surface area contributed by atoms with E-state index in [-0.39, 0.29) is 0 Å². The van der Waals surface area contributed by atoms with Crippen molar-refractivity contribution in [2.45, 2.75) is 18.4 Å². The summed E-state index contributed by atoms with van der Waals surface area (Å²) in [5.41, 5.74) is 2.95. The number of hydrogen-bond donors (Lipinski definition) is 1. The summed E-state index contributed by atoms with van der Waals surface area (Å²) in [4.78, 5) is 0. The molecule has 1 aromatic carbocycles. The van der Waals surface area contributed by atoms with Gasteiger partial charge in [-0.1, -0.05) is 30.3 Å². The summed E-state index contributed by atoms with van der Waals surface area (Å²) in [7, 11) is 2.08. The van der Waals surface area contributed by atoms with Crippen LogP contribution in [0.3, 0.4) is 0 Å². The number of nitrogens with one attached hydrogen (secondary N) is 1. The zero-order valence-electron chi connectivity index (χ0n) is 10.3. The van der Waals surface area contributed by atoms with Crippen molar-refractivity contribution in [2.75, 3.05) is 7.05 Å². The number of thiophene rings is 1. The first-order valence-electron chi connectivity index (χ1n) is 6.25. The van der Waals surface area contributed by atoms with Gasteiger partial charge >= 0.3 is 0 Å². The monoisotopic (exact) mass is 369 g/mol. The van der Waals surface area contributed by atoms with Gasteiger partial charge in [-0.15, -0.1) is 11.3 Å². The predicted octanol–water partition coefficient (Wildman–Crippen LogP) is 4.42. The second kappa shape index (κ2) is 5.31. The van der Waals surface area contributed by atoms with Crippen molar-refractivity contribution in [1.29, 1.82) is 0 Å². The minimum absolute atomic E-state index is 0.509. The molecular weight excluding hydrogens is 353 g/mol. The van der Waals surface area contributed by atoms with Crippen molar-refractivity contribution in [3.05, 3.63) is 55.8 Å². The molecule has 1 fully saturated rings. The fraction of sp³-hybridized carbons (Fsp3) is 0.333. The molecule has 0 bridgehead atoms. The fourth-order valence-corrected chi connectivity index (χ4v) is 4.19. The molecular formula is C15H16INS. The molecule has 1 nitrogen and oxygen atoms in total. The smallest absolute Gasteiger partial charge is 0.0656 e. The van der Waals surface area contributed by atoms with Crippen LogP contribution in [0.1, 0.15) is 29.5 Å². The molecule has 3 unspecified atom stereocenters. The van der Waals surface area contributed by atoms with Crippen molar-refractivity contribution in [1.82, 2.24) is 5.32 Å². The molecule has 1 saturated carbocycles. The zero-order valence-corrected chi connectivity index (χ0v) is 13.2. The van der Waals surface area contributed by atoms with Gasteiger partial charge in [0.2, 0.25) is 0 Å². The normalized spacial score (nSPS) is 23.9. The van der Waals surface area contributed by atoms with E-state index in [0.717, 1.165) is 11.8 Å². The van der Waals surface area contributed by atoms with E-state index < -0.39 is 0 Å². The van der Waals surface area contributed by atoms with Crippen LogP contribution in [0.15, 0.2) is 41.8 Å². The third-order valence-corrected chi connectivity index (χ3v) is 5.56. The van der Waals surface area contributed by atoms with Crippen LogP contribution >= 0.6 is 33.9 Å². The Bertz CT molecular complexity index is 522. The van der Waals surface area contributed by atoms with E-state index in [0.29, 0.717) is 6.04 Å². The first-order valence-corrected chi connectivity index (χ1v) is 8.21. The van der Waals surface area contributed by atoms with Gasteiger partial charge in [0.25, 0.3) is 0 Å². The lowest BCUT2D eigenvalue weighted by Crippen LogP contribution is -2.18. The highest BCUT2D eigenvalue weighted by Crippen LogP contribution is 2.54. The van der Waals surface area contributed by atoms with Gasteiger partial charge in [-0.05, 0) is 70.5 Å². The van der Waals surface area contributed by atoms with E-state index in [9.17, 15) is 0 Å². The highest BCUT2D eigenvalue weighted by Gasteiger charge is 2.43. The summed E-state index contributed by atoms with van der Waals surface area (Å²) >= 11 is 4.24. The van der Waals surface area contributed by atoms with E-state index in [1.807, 2.05) is 11.3 Å². The van der Waals surface area contributed by atoms with Crippen LogP contribution in [0.5, 0.6) is 0 Å². The Kier molecular flexibility index (Phi) is 3.73. The second-order valence-corrected chi connectivity index (χ2v) is 7.67. The molecule has 3 atom stereocenters. The number of hydrogen-bond acceptors (Lipinski definition) is 2. The summed E-state index contributed by atoms with van der Waals surface area (Å²) in [6.45, 7) is 0. The molecule has 0 amide bonds. The first kappa shape index (κ1) is 12.6. The van der Waals surface area contributed by atoms with Gasteiger partial charge in [0.05, 0.1) is 2.88 Å². The number of halogens is 1. The van der Waals surface area contributed by atoms with Gasteiger partial charge in [-0.3, -0.25) is 0 Å². The fourth-order valence-electron chi connectivity index (χ4n) is 2.78. The van der Waals surface area contributed by atoms with Crippen molar-refractivity contribution in [3.8, 4) is 0 Å². The average molecular weight is 369 g/mol. The summed E-state index contributed by atoms with van der Waals surface area (Å²) in [5, 5.41) is 5.79. The summed E-state index contributed by atoms with van der Waals surface area (Å²) < 4.78 is 1.37. The maximum absolute atomic E-state index is 3.50. The lowest BCUT2D eigenvalue weighted by atomic mass is 10.0. The first-order chi connectivity index (χ1) is 8.79. The quantitative estimate of drug-likeness (QED) is 0.787. The summed E-state index contributed by atoms with van der Waals surface area (Å²) in [6, 6.07) is 13.7. The minimum atomic E-state index is 0.509. The molecule has 0 aliphatic heterocycles. The molecule has 1 aliphatic carbocycles. The lowest BCUT2D eigenvalue weighted by Gasteiger charge is -2.15. The molecule has 0 spiro atoms. The van der Waals surface area contributed by atoms with Crippen LogP contribution in [0.25, 0.3) is 0 Å². The maximum atomic E-state index is 3.50. The Morgan fingerprint density at radius 1 is 1.33 bits per heavy atom. The molecule has 1 N–H and O–H groups in total. The molecule has 1 aliphatic rings. The van der Waals surface area contributed by atoms with Crippen LogP contribution in [0, 0.1) is 8.80 Å². The Hall–Kier alpha value is -0.390. The predicted molar refractivity (Wildman–Crippen MR) is 86.1 cm³/mol. The minimum Gasteiger partial charge on any atom is -0.313 e. The van der Waals surface area contributed by atoms with Gasteiger partial charge in [0.1, 0.15) is 0 Å². The number of benzene rings is 1. The standard InChI is InChI=1S/C15H16INS/c1-17-15(11-7-14(16)18-9-11)13-8-12(13)10-5-3-2-4-6-10/h2-7,9,12-13,15,17H,8H2,1H3. The molecule has 0 saturated heterocycles. The Balaban J connectivity index is 1.76. The Morgan fingerprint density at radius 2 is 2.11 bits per heavy atom. The second-order valence-electron chi connectivity index (χ2n) is 4.87. The molecule has 94 valence electrons. The summed E-state index contributed by atoms with van der Waals surface area (Å²) in [5.74, 6) is 1.49. The topological polar surface area (TPSA) is 12.0 Å². The van der Waals surface area contributed by atoms with E-state index in [4.69, 9.17) is 0 Å². The van der Waals surface area contributed by atoms with Crippen LogP contribution in [0.4, 0.5) is 0 Å². The molecule has 18 heavy (non-hydrogen) atoms. The van der Waals surface area contributed by atoms with Crippen LogP contribution in [-0.4, -0.2) is 7.05 Å². The molecule has 3 rings (SSSR count). The zero-order chi connectivity index (χ0) is 12.5. The SMILES string of the molecule is CNC(c1csc(I)c1)C1CC1c1ccccc1. The van der Waals surface area contributed by atoms with Crippen LogP contribution < -0.4 is 5.32 Å². The molecule has 1 heterocycles. The van der Waals surface area contributed by atoms with Crippen molar-refractivity contribution >= 4 is 33.9 Å². The van der Waals surface area contributed by atoms with Gasteiger partial charge in [-0.2, -0.15) is 0 Å². The van der Waals surface area contributed by atoms with Gasteiger partial charge in [0, 0.05) is 6.04 Å². The molecule has 0 radical (unpaired) electrons. The Morgan fingerprint density at radius 3 is 2.72 bits per heavy atom. The van der Waals surface area contributed by atoms with Crippen LogP contribution in [-0.2, 0) is 0 Å². The summed E-state index contributed by atoms with van der Waals surface area (Å²) in [6.07, 6.45) is 1.31. The van der Waals surface area contributed by atoms with E-state index in [1.54, 1.807) is 0 Å². The molecule has 2 aromatic rings. The highest BCUT2D eigenvalue weighted by molar-refractivity contribution is 14.1. The Labute approximate surface area is 126 Å². The van der Waals surface area contributed by atoms with Gasteiger partial charge < -0.3 is 5.32 Å².